The number of ether oxygens (including phenoxy) is 2. The summed E-state index contributed by atoms with van der Waals surface area (Å²) >= 11 is 1.65. The summed E-state index contributed by atoms with van der Waals surface area (Å²) < 4.78 is 12.3. The van der Waals surface area contributed by atoms with Gasteiger partial charge < -0.3 is 14.8 Å². The molecule has 0 radical (unpaired) electrons. The first kappa shape index (κ1) is 15.6. The number of benzene rings is 1. The molecule has 1 aromatic heterocycles. The Labute approximate surface area is 128 Å². The molecule has 0 bridgehead atoms. The molecule has 0 fully saturated rings. The minimum Gasteiger partial charge on any atom is -0.497 e. The van der Waals surface area contributed by atoms with E-state index in [4.69, 9.17) is 9.47 Å². The summed E-state index contributed by atoms with van der Waals surface area (Å²) in [6.45, 7) is 1.84. The number of hydrogen-bond donors (Lipinski definition) is 1. The zero-order valence-electron chi connectivity index (χ0n) is 12.4. The van der Waals surface area contributed by atoms with E-state index < -0.39 is 0 Å². The van der Waals surface area contributed by atoms with Crippen LogP contribution in [0.4, 0.5) is 0 Å². The number of aromatic nitrogens is 4. The van der Waals surface area contributed by atoms with E-state index in [1.807, 2.05) is 25.2 Å². The largest absolute Gasteiger partial charge is 0.497 e. The summed E-state index contributed by atoms with van der Waals surface area (Å²) in [5.41, 5.74) is 1.16. The molecule has 2 N–H and O–H groups in total. The summed E-state index contributed by atoms with van der Waals surface area (Å²) in [6, 6.07) is 5.89. The Kier molecular flexibility index (Phi) is 5.82. The zero-order valence-corrected chi connectivity index (χ0v) is 13.3. The van der Waals surface area contributed by atoms with Crippen molar-refractivity contribution in [2.24, 2.45) is 7.05 Å². The van der Waals surface area contributed by atoms with E-state index in [-0.39, 0.29) is 0 Å². The Balaban J connectivity index is 1.77. The molecule has 0 atom stereocenters. The predicted molar refractivity (Wildman–Crippen MR) is 79.6 cm³/mol. The number of tetrazole rings is 1. The molecule has 0 amide bonds. The molecule has 0 saturated carbocycles. The fourth-order valence-electron chi connectivity index (χ4n) is 1.86. The fraction of sp³-hybridized carbons (Fsp3) is 0.462. The first-order chi connectivity index (χ1) is 10.2. The van der Waals surface area contributed by atoms with Gasteiger partial charge in [0.05, 0.1) is 26.5 Å². The Hall–Kier alpha value is -1.80. The number of quaternary nitrogens is 1. The van der Waals surface area contributed by atoms with E-state index in [1.165, 1.54) is 0 Å². The molecule has 8 heteroatoms. The molecule has 2 rings (SSSR count). The van der Waals surface area contributed by atoms with Crippen molar-refractivity contribution < 1.29 is 14.8 Å². The molecule has 0 aliphatic rings. The monoisotopic (exact) mass is 310 g/mol. The van der Waals surface area contributed by atoms with Crippen LogP contribution in [0.15, 0.2) is 23.4 Å². The highest BCUT2D eigenvalue weighted by Gasteiger charge is 2.07. The van der Waals surface area contributed by atoms with Crippen molar-refractivity contribution in [1.29, 1.82) is 0 Å². The highest BCUT2D eigenvalue weighted by molar-refractivity contribution is 7.99. The maximum atomic E-state index is 5.38. The van der Waals surface area contributed by atoms with Crippen LogP contribution in [0, 0.1) is 0 Å². The topological polar surface area (TPSA) is 78.7 Å². The van der Waals surface area contributed by atoms with Crippen LogP contribution >= 0.6 is 11.8 Å². The minimum absolute atomic E-state index is 0.806. The molecule has 0 unspecified atom stereocenters. The van der Waals surface area contributed by atoms with E-state index in [9.17, 15) is 0 Å². The van der Waals surface area contributed by atoms with E-state index in [2.05, 4.69) is 20.8 Å². The quantitative estimate of drug-likeness (QED) is 0.550. The smallest absolute Gasteiger partial charge is 0.209 e. The Morgan fingerprint density at radius 1 is 1.29 bits per heavy atom. The number of aryl methyl sites for hydroxylation is 1. The molecule has 0 aliphatic heterocycles. The number of methoxy groups -OCH3 is 2. The second kappa shape index (κ2) is 7.84. The van der Waals surface area contributed by atoms with Crippen LogP contribution in [0.5, 0.6) is 11.5 Å². The average Bonchev–Trinajstić information content (AvgIpc) is 2.92. The molecule has 114 valence electrons. The number of nitrogens with zero attached hydrogens (tertiary/aromatic N) is 4. The number of hydrogen-bond acceptors (Lipinski definition) is 6. The lowest BCUT2D eigenvalue weighted by atomic mass is 10.2. The Morgan fingerprint density at radius 2 is 2.14 bits per heavy atom. The van der Waals surface area contributed by atoms with Gasteiger partial charge >= 0.3 is 0 Å². The lowest BCUT2D eigenvalue weighted by Crippen LogP contribution is -2.83. The van der Waals surface area contributed by atoms with Gasteiger partial charge in [-0.05, 0) is 22.6 Å². The minimum atomic E-state index is 0.806. The van der Waals surface area contributed by atoms with Crippen molar-refractivity contribution in [2.75, 3.05) is 26.5 Å². The van der Waals surface area contributed by atoms with Crippen LogP contribution < -0.4 is 14.8 Å². The maximum absolute atomic E-state index is 5.38. The molecular formula is C13H20N5O2S+. The summed E-state index contributed by atoms with van der Waals surface area (Å²) in [6.07, 6.45) is 0. The van der Waals surface area contributed by atoms with Gasteiger partial charge in [0.15, 0.2) is 0 Å². The van der Waals surface area contributed by atoms with Crippen molar-refractivity contribution in [3.8, 4) is 11.5 Å². The lowest BCUT2D eigenvalue weighted by Gasteiger charge is -2.09. The maximum Gasteiger partial charge on any atom is 0.209 e. The van der Waals surface area contributed by atoms with Crippen molar-refractivity contribution in [3.05, 3.63) is 23.8 Å². The number of rotatable bonds is 8. The van der Waals surface area contributed by atoms with Gasteiger partial charge in [0.25, 0.3) is 0 Å². The number of thioether (sulfide) groups is 1. The van der Waals surface area contributed by atoms with E-state index >= 15 is 0 Å². The zero-order chi connectivity index (χ0) is 15.1. The molecular weight excluding hydrogens is 290 g/mol. The summed E-state index contributed by atoms with van der Waals surface area (Å²) in [4.78, 5) is 0. The van der Waals surface area contributed by atoms with Gasteiger partial charge in [0, 0.05) is 18.7 Å². The summed E-state index contributed by atoms with van der Waals surface area (Å²) in [7, 11) is 5.17. The Morgan fingerprint density at radius 3 is 2.81 bits per heavy atom. The standard InChI is InChI=1S/C13H19N5O2S/c1-18-13(15-16-17-18)21-7-6-14-9-10-4-5-11(19-2)8-12(10)20-3/h4-5,8,14H,6-7,9H2,1-3H3/p+1. The van der Waals surface area contributed by atoms with Crippen LogP contribution in [0.25, 0.3) is 0 Å². The van der Waals surface area contributed by atoms with Gasteiger partial charge in [-0.3, -0.25) is 0 Å². The van der Waals surface area contributed by atoms with Gasteiger partial charge in [-0.25, -0.2) is 4.68 Å². The molecule has 7 nitrogen and oxygen atoms in total. The van der Waals surface area contributed by atoms with E-state index in [0.717, 1.165) is 41.1 Å². The number of nitrogens with two attached hydrogens (primary N) is 1. The molecule has 0 spiro atoms. The molecule has 1 heterocycles. The van der Waals surface area contributed by atoms with Crippen molar-refractivity contribution in [3.63, 3.8) is 0 Å². The van der Waals surface area contributed by atoms with Gasteiger partial charge in [-0.15, -0.1) is 5.10 Å². The van der Waals surface area contributed by atoms with Crippen molar-refractivity contribution in [2.45, 2.75) is 11.7 Å². The van der Waals surface area contributed by atoms with Crippen LogP contribution in [0.1, 0.15) is 5.56 Å². The van der Waals surface area contributed by atoms with Crippen molar-refractivity contribution in [1.82, 2.24) is 20.2 Å². The Bertz CT molecular complexity index is 575. The van der Waals surface area contributed by atoms with Crippen LogP contribution in [0.3, 0.4) is 0 Å². The molecule has 0 aliphatic carbocycles. The third-order valence-electron chi connectivity index (χ3n) is 2.99. The normalized spacial score (nSPS) is 10.6. The van der Waals surface area contributed by atoms with Gasteiger partial charge in [0.2, 0.25) is 5.16 Å². The van der Waals surface area contributed by atoms with Crippen LogP contribution in [0.2, 0.25) is 0 Å². The SMILES string of the molecule is COc1ccc(C[NH2+]CCSc2nnnn2C)c(OC)c1. The molecule has 2 aromatic rings. The van der Waals surface area contributed by atoms with Crippen molar-refractivity contribution >= 4 is 11.8 Å². The van der Waals surface area contributed by atoms with Crippen LogP contribution in [-0.2, 0) is 13.6 Å². The molecule has 0 saturated heterocycles. The highest BCUT2D eigenvalue weighted by Crippen LogP contribution is 2.23. The van der Waals surface area contributed by atoms with E-state index in [0.29, 0.717) is 0 Å². The fourth-order valence-corrected chi connectivity index (χ4v) is 2.64. The second-order valence-corrected chi connectivity index (χ2v) is 5.45. The third kappa shape index (κ3) is 4.33. The lowest BCUT2D eigenvalue weighted by molar-refractivity contribution is -0.666. The predicted octanol–water partition coefficient (Wildman–Crippen LogP) is 0.0830. The first-order valence-electron chi connectivity index (χ1n) is 6.62. The summed E-state index contributed by atoms with van der Waals surface area (Å²) in [5.74, 6) is 2.61. The highest BCUT2D eigenvalue weighted by atomic mass is 32.2. The van der Waals surface area contributed by atoms with E-state index in [1.54, 1.807) is 30.7 Å². The summed E-state index contributed by atoms with van der Waals surface area (Å²) in [5, 5.41) is 14.4. The van der Waals surface area contributed by atoms with Gasteiger partial charge in [-0.2, -0.15) is 0 Å². The van der Waals surface area contributed by atoms with Gasteiger partial charge in [0.1, 0.15) is 18.0 Å². The second-order valence-electron chi connectivity index (χ2n) is 4.39. The van der Waals surface area contributed by atoms with Crippen LogP contribution in [-0.4, -0.2) is 46.7 Å². The third-order valence-corrected chi connectivity index (χ3v) is 4.04. The van der Waals surface area contributed by atoms with Gasteiger partial charge in [-0.1, -0.05) is 11.8 Å². The molecule has 21 heavy (non-hydrogen) atoms. The molecule has 1 aromatic carbocycles. The average molecular weight is 310 g/mol. The first-order valence-corrected chi connectivity index (χ1v) is 7.61.